The lowest BCUT2D eigenvalue weighted by Crippen LogP contribution is -2.17. The number of methoxy groups -OCH3 is 1. The minimum atomic E-state index is -5.25. The summed E-state index contributed by atoms with van der Waals surface area (Å²) < 4.78 is 79.8. The Bertz CT molecular complexity index is 486. The van der Waals surface area contributed by atoms with Crippen LogP contribution in [0.3, 0.4) is 0 Å². The van der Waals surface area contributed by atoms with E-state index in [-0.39, 0.29) is 0 Å². The van der Waals surface area contributed by atoms with E-state index in [1.54, 1.807) is 0 Å². The number of hydrogen-bond acceptors (Lipinski definition) is 3. The summed E-state index contributed by atoms with van der Waals surface area (Å²) >= 11 is 0. The Morgan fingerprint density at radius 3 is 2.42 bits per heavy atom. The molecule has 0 atom stereocenters. The van der Waals surface area contributed by atoms with Crippen LogP contribution in [0.25, 0.3) is 0 Å². The molecule has 0 aliphatic rings. The molecule has 1 heterocycles. The van der Waals surface area contributed by atoms with Crippen LogP contribution in [0, 0.1) is 5.82 Å². The predicted molar refractivity (Wildman–Crippen MR) is 49.9 cm³/mol. The molecule has 0 bridgehead atoms. The number of rotatable bonds is 3. The van der Waals surface area contributed by atoms with Crippen LogP contribution in [0.5, 0.6) is 0 Å². The summed E-state index contributed by atoms with van der Waals surface area (Å²) in [4.78, 5) is 13.7. The molecule has 0 radical (unpaired) electrons. The average Bonchev–Trinajstić information content (AvgIpc) is 2.26. The number of ether oxygens (including phenoxy) is 1. The minimum Gasteiger partial charge on any atom is -0.469 e. The van der Waals surface area contributed by atoms with Gasteiger partial charge in [-0.3, -0.25) is 4.79 Å². The first-order chi connectivity index (χ1) is 8.66. The van der Waals surface area contributed by atoms with Gasteiger partial charge in [-0.15, -0.1) is 0 Å². The molecule has 0 aliphatic carbocycles. The molecule has 0 saturated carbocycles. The maximum Gasteiger partial charge on any atom is 0.433 e. The molecule has 0 spiro atoms. The lowest BCUT2D eigenvalue weighted by molar-refractivity contribution is -0.144. The van der Waals surface area contributed by atoms with E-state index in [4.69, 9.17) is 0 Å². The molecule has 0 aliphatic heterocycles. The van der Waals surface area contributed by atoms with Crippen molar-refractivity contribution in [1.82, 2.24) is 4.98 Å². The number of carbonyl (C=O) groups excluding carboxylic acids is 1. The second-order valence-electron chi connectivity index (χ2n) is 3.41. The summed E-state index contributed by atoms with van der Waals surface area (Å²) in [6, 6.07) is 0.355. The highest BCUT2D eigenvalue weighted by molar-refractivity contribution is 5.71. The number of nitrogens with zero attached hydrogens (tertiary/aromatic N) is 1. The Labute approximate surface area is 103 Å². The molecule has 19 heavy (non-hydrogen) atoms. The van der Waals surface area contributed by atoms with Crippen LogP contribution < -0.4 is 0 Å². The molecule has 9 heteroatoms. The van der Waals surface area contributed by atoms with E-state index < -0.39 is 47.8 Å². The number of aromatic nitrogens is 1. The average molecular weight is 287 g/mol. The zero-order valence-corrected chi connectivity index (χ0v) is 9.39. The molecule has 0 amide bonds. The third-order valence-electron chi connectivity index (χ3n) is 2.10. The van der Waals surface area contributed by atoms with Crippen LogP contribution in [0.4, 0.5) is 26.3 Å². The van der Waals surface area contributed by atoms with Crippen LogP contribution in [-0.2, 0) is 22.1 Å². The lowest BCUT2D eigenvalue weighted by Gasteiger charge is -2.13. The van der Waals surface area contributed by atoms with Gasteiger partial charge in [-0.1, -0.05) is 0 Å². The van der Waals surface area contributed by atoms with Crippen molar-refractivity contribution in [3.63, 3.8) is 0 Å². The van der Waals surface area contributed by atoms with E-state index in [1.165, 1.54) is 0 Å². The summed E-state index contributed by atoms with van der Waals surface area (Å²) in [6.45, 7) is 0. The van der Waals surface area contributed by atoms with E-state index in [2.05, 4.69) is 9.72 Å². The topological polar surface area (TPSA) is 39.2 Å². The lowest BCUT2D eigenvalue weighted by atomic mass is 10.1. The summed E-state index contributed by atoms with van der Waals surface area (Å²) in [5.41, 5.74) is -4.51. The van der Waals surface area contributed by atoms with Gasteiger partial charge in [0.1, 0.15) is 5.82 Å². The van der Waals surface area contributed by atoms with E-state index in [1.807, 2.05) is 0 Å². The summed E-state index contributed by atoms with van der Waals surface area (Å²) in [5.74, 6) is -2.74. The van der Waals surface area contributed by atoms with Crippen molar-refractivity contribution in [3.05, 3.63) is 28.8 Å². The molecular formula is C10H7F6NO2. The highest BCUT2D eigenvalue weighted by Gasteiger charge is 2.40. The van der Waals surface area contributed by atoms with Gasteiger partial charge in [0.2, 0.25) is 0 Å². The van der Waals surface area contributed by atoms with Crippen molar-refractivity contribution < 1.29 is 35.9 Å². The van der Waals surface area contributed by atoms with Crippen molar-refractivity contribution >= 4 is 5.97 Å². The van der Waals surface area contributed by atoms with Crippen LogP contribution >= 0.6 is 0 Å². The van der Waals surface area contributed by atoms with Gasteiger partial charge in [-0.05, 0) is 6.07 Å². The van der Waals surface area contributed by atoms with Crippen molar-refractivity contribution in [2.45, 2.75) is 19.0 Å². The molecule has 0 N–H and O–H groups in total. The Hall–Kier alpha value is -1.80. The number of carbonyl (C=O) groups is 1. The van der Waals surface area contributed by atoms with Gasteiger partial charge >= 0.3 is 12.1 Å². The zero-order valence-electron chi connectivity index (χ0n) is 9.39. The van der Waals surface area contributed by atoms with Crippen molar-refractivity contribution in [1.29, 1.82) is 0 Å². The Kier molecular flexibility index (Phi) is 4.38. The fourth-order valence-electron chi connectivity index (χ4n) is 1.31. The third-order valence-corrected chi connectivity index (χ3v) is 2.10. The SMILES string of the molecule is COC(=O)Cc1cc(F)c(C(F)F)c(C(F)(F)F)n1. The second kappa shape index (κ2) is 5.45. The van der Waals surface area contributed by atoms with Gasteiger partial charge in [-0.25, -0.2) is 18.2 Å². The summed E-state index contributed by atoms with van der Waals surface area (Å²) in [6.07, 6.45) is -9.67. The highest BCUT2D eigenvalue weighted by Crippen LogP contribution is 2.36. The molecule has 1 rings (SSSR count). The van der Waals surface area contributed by atoms with Gasteiger partial charge in [0, 0.05) is 0 Å². The zero-order chi connectivity index (χ0) is 14.8. The first kappa shape index (κ1) is 15.3. The first-order valence-corrected chi connectivity index (χ1v) is 4.78. The number of pyridine rings is 1. The van der Waals surface area contributed by atoms with Gasteiger partial charge in [0.25, 0.3) is 6.43 Å². The van der Waals surface area contributed by atoms with E-state index in [9.17, 15) is 31.1 Å². The molecule has 3 nitrogen and oxygen atoms in total. The fraction of sp³-hybridized carbons (Fsp3) is 0.400. The number of alkyl halides is 5. The maximum atomic E-state index is 13.3. The van der Waals surface area contributed by atoms with Crippen LogP contribution in [-0.4, -0.2) is 18.1 Å². The fourth-order valence-corrected chi connectivity index (χ4v) is 1.31. The summed E-state index contributed by atoms with van der Waals surface area (Å²) in [5, 5.41) is 0. The maximum absolute atomic E-state index is 13.3. The molecule has 1 aromatic heterocycles. The third kappa shape index (κ3) is 3.58. The Morgan fingerprint density at radius 1 is 1.42 bits per heavy atom. The predicted octanol–water partition coefficient (Wildman–Crippen LogP) is 2.89. The largest absolute Gasteiger partial charge is 0.469 e. The van der Waals surface area contributed by atoms with Crippen LogP contribution in [0.15, 0.2) is 6.07 Å². The first-order valence-electron chi connectivity index (χ1n) is 4.78. The van der Waals surface area contributed by atoms with E-state index in [0.29, 0.717) is 6.07 Å². The molecule has 0 fully saturated rings. The quantitative estimate of drug-likeness (QED) is 0.634. The van der Waals surface area contributed by atoms with Gasteiger partial charge < -0.3 is 4.74 Å². The molecule has 106 valence electrons. The minimum absolute atomic E-state index is 0.355. The van der Waals surface area contributed by atoms with Crippen LogP contribution in [0.1, 0.15) is 23.4 Å². The molecular weight excluding hydrogens is 280 g/mol. The number of halogens is 6. The normalized spacial score (nSPS) is 11.8. The van der Waals surface area contributed by atoms with Gasteiger partial charge in [-0.2, -0.15) is 13.2 Å². The Morgan fingerprint density at radius 2 is 2.00 bits per heavy atom. The van der Waals surface area contributed by atoms with Crippen molar-refractivity contribution in [3.8, 4) is 0 Å². The van der Waals surface area contributed by atoms with Crippen molar-refractivity contribution in [2.24, 2.45) is 0 Å². The summed E-state index contributed by atoms with van der Waals surface area (Å²) in [7, 11) is 0.969. The molecule has 0 saturated heterocycles. The van der Waals surface area contributed by atoms with E-state index >= 15 is 0 Å². The smallest absolute Gasteiger partial charge is 0.433 e. The van der Waals surface area contributed by atoms with Gasteiger partial charge in [0.05, 0.1) is 24.8 Å². The monoisotopic (exact) mass is 287 g/mol. The van der Waals surface area contributed by atoms with Crippen LogP contribution in [0.2, 0.25) is 0 Å². The highest BCUT2D eigenvalue weighted by atomic mass is 19.4. The number of hydrogen-bond donors (Lipinski definition) is 0. The number of esters is 1. The second-order valence-corrected chi connectivity index (χ2v) is 3.41. The Balaban J connectivity index is 3.35. The standard InChI is InChI=1S/C10H7F6NO2/c1-19-6(18)3-4-2-5(11)7(9(12)13)8(17-4)10(14,15)16/h2,9H,3H2,1H3. The van der Waals surface area contributed by atoms with E-state index in [0.717, 1.165) is 7.11 Å². The van der Waals surface area contributed by atoms with Crippen molar-refractivity contribution in [2.75, 3.05) is 7.11 Å². The molecule has 0 aromatic carbocycles. The van der Waals surface area contributed by atoms with Gasteiger partial charge in [0.15, 0.2) is 5.69 Å². The molecule has 0 unspecified atom stereocenters. The molecule has 1 aromatic rings.